The van der Waals surface area contributed by atoms with Gasteiger partial charge in [0.2, 0.25) is 0 Å². The van der Waals surface area contributed by atoms with Crippen molar-refractivity contribution < 1.29 is 9.90 Å². The number of carboxylic acid groups (broad SMARTS) is 1. The molecule has 2 aromatic rings. The van der Waals surface area contributed by atoms with Gasteiger partial charge in [0.1, 0.15) is 0 Å². The Morgan fingerprint density at radius 1 is 1.06 bits per heavy atom. The predicted octanol–water partition coefficient (Wildman–Crippen LogP) is 4.32. The zero-order valence-electron chi connectivity index (χ0n) is 10.2. The summed E-state index contributed by atoms with van der Waals surface area (Å²) in [5, 5.41) is 9.77. The highest BCUT2D eigenvalue weighted by atomic mass is 35.5. The van der Waals surface area contributed by atoms with E-state index >= 15 is 0 Å². The maximum absolute atomic E-state index is 11.2. The monoisotopic (exact) mass is 260 g/mol. The van der Waals surface area contributed by atoms with E-state index in [1.165, 1.54) is 0 Å². The van der Waals surface area contributed by atoms with Gasteiger partial charge in [0.05, 0.1) is 5.56 Å². The number of halogens is 1. The average Bonchev–Trinajstić information content (AvgIpc) is 2.34. The first kappa shape index (κ1) is 12.7. The summed E-state index contributed by atoms with van der Waals surface area (Å²) in [7, 11) is 0. The Morgan fingerprint density at radius 3 is 2.33 bits per heavy atom. The molecule has 0 aliphatic heterocycles. The van der Waals surface area contributed by atoms with E-state index in [1.54, 1.807) is 18.2 Å². The molecule has 92 valence electrons. The standard InChI is InChI=1S/C15H13ClO2/c1-9-7-13(14(16)8-10(9)2)11-5-3-4-6-12(11)15(17)18/h3-8H,1-2H3,(H,17,18). The van der Waals surface area contributed by atoms with Crippen LogP contribution in [0, 0.1) is 13.8 Å². The van der Waals surface area contributed by atoms with Crippen molar-refractivity contribution in [2.24, 2.45) is 0 Å². The number of aromatic carboxylic acids is 1. The zero-order chi connectivity index (χ0) is 13.3. The first-order valence-electron chi connectivity index (χ1n) is 5.60. The molecule has 0 unspecified atom stereocenters. The van der Waals surface area contributed by atoms with E-state index in [1.807, 2.05) is 32.0 Å². The van der Waals surface area contributed by atoms with Crippen molar-refractivity contribution in [3.05, 3.63) is 58.1 Å². The summed E-state index contributed by atoms with van der Waals surface area (Å²) >= 11 is 6.22. The number of aryl methyl sites for hydroxylation is 2. The maximum Gasteiger partial charge on any atom is 0.336 e. The van der Waals surface area contributed by atoms with Crippen LogP contribution in [0.25, 0.3) is 11.1 Å². The fourth-order valence-corrected chi connectivity index (χ4v) is 2.21. The number of rotatable bonds is 2. The summed E-state index contributed by atoms with van der Waals surface area (Å²) in [5.41, 5.74) is 3.87. The van der Waals surface area contributed by atoms with Crippen molar-refractivity contribution in [2.75, 3.05) is 0 Å². The minimum absolute atomic E-state index is 0.266. The molecule has 0 saturated heterocycles. The van der Waals surface area contributed by atoms with Gasteiger partial charge in [0.25, 0.3) is 0 Å². The molecule has 0 saturated carbocycles. The largest absolute Gasteiger partial charge is 0.478 e. The van der Waals surface area contributed by atoms with Crippen molar-refractivity contribution >= 4 is 17.6 Å². The molecule has 2 aromatic carbocycles. The van der Waals surface area contributed by atoms with Crippen LogP contribution in [-0.4, -0.2) is 11.1 Å². The van der Waals surface area contributed by atoms with Crippen LogP contribution >= 0.6 is 11.6 Å². The van der Waals surface area contributed by atoms with Crippen molar-refractivity contribution in [1.82, 2.24) is 0 Å². The molecule has 0 atom stereocenters. The second kappa shape index (κ2) is 4.83. The molecule has 2 nitrogen and oxygen atoms in total. The van der Waals surface area contributed by atoms with Gasteiger partial charge in [-0.2, -0.15) is 0 Å². The second-order valence-corrected chi connectivity index (χ2v) is 4.67. The minimum Gasteiger partial charge on any atom is -0.478 e. The van der Waals surface area contributed by atoms with E-state index in [0.717, 1.165) is 16.7 Å². The number of hydrogen-bond acceptors (Lipinski definition) is 1. The van der Waals surface area contributed by atoms with E-state index in [-0.39, 0.29) is 5.56 Å². The molecule has 0 aliphatic carbocycles. The molecule has 0 spiro atoms. The van der Waals surface area contributed by atoms with Gasteiger partial charge in [0, 0.05) is 10.6 Å². The van der Waals surface area contributed by atoms with Crippen molar-refractivity contribution in [1.29, 1.82) is 0 Å². The predicted molar refractivity (Wildman–Crippen MR) is 73.3 cm³/mol. The van der Waals surface area contributed by atoms with Gasteiger partial charge in [-0.1, -0.05) is 29.8 Å². The lowest BCUT2D eigenvalue weighted by Gasteiger charge is -2.11. The molecule has 0 aromatic heterocycles. The van der Waals surface area contributed by atoms with Gasteiger partial charge < -0.3 is 5.11 Å². The van der Waals surface area contributed by atoms with Crippen molar-refractivity contribution in [3.63, 3.8) is 0 Å². The van der Waals surface area contributed by atoms with Gasteiger partial charge in [0.15, 0.2) is 0 Å². The Labute approximate surface area is 111 Å². The molecule has 0 amide bonds. The molecule has 0 fully saturated rings. The number of benzene rings is 2. The lowest BCUT2D eigenvalue weighted by atomic mass is 9.96. The summed E-state index contributed by atoms with van der Waals surface area (Å²) in [5.74, 6) is -0.945. The molecule has 0 heterocycles. The Hall–Kier alpha value is -1.80. The summed E-state index contributed by atoms with van der Waals surface area (Å²) < 4.78 is 0. The molecule has 0 bridgehead atoms. The van der Waals surface area contributed by atoms with Gasteiger partial charge in [-0.25, -0.2) is 4.79 Å². The zero-order valence-corrected chi connectivity index (χ0v) is 11.0. The third-order valence-corrected chi connectivity index (χ3v) is 3.34. The van der Waals surface area contributed by atoms with Crippen molar-refractivity contribution in [3.8, 4) is 11.1 Å². The van der Waals surface area contributed by atoms with Crippen molar-refractivity contribution in [2.45, 2.75) is 13.8 Å². The maximum atomic E-state index is 11.2. The lowest BCUT2D eigenvalue weighted by molar-refractivity contribution is 0.0698. The van der Waals surface area contributed by atoms with E-state index in [0.29, 0.717) is 10.6 Å². The van der Waals surface area contributed by atoms with Gasteiger partial charge >= 0.3 is 5.97 Å². The summed E-state index contributed by atoms with van der Waals surface area (Å²) in [4.78, 5) is 11.2. The summed E-state index contributed by atoms with van der Waals surface area (Å²) in [6.45, 7) is 3.96. The Morgan fingerprint density at radius 2 is 1.67 bits per heavy atom. The molecular weight excluding hydrogens is 248 g/mol. The number of hydrogen-bond donors (Lipinski definition) is 1. The number of carbonyl (C=O) groups is 1. The minimum atomic E-state index is -0.945. The summed E-state index contributed by atoms with van der Waals surface area (Å²) in [6.07, 6.45) is 0. The van der Waals surface area contributed by atoms with Crippen LogP contribution in [0.3, 0.4) is 0 Å². The fourth-order valence-electron chi connectivity index (χ4n) is 1.89. The third-order valence-electron chi connectivity index (χ3n) is 3.03. The van der Waals surface area contributed by atoms with Gasteiger partial charge in [-0.05, 0) is 48.7 Å². The SMILES string of the molecule is Cc1cc(Cl)c(-c2ccccc2C(=O)O)cc1C. The van der Waals surface area contributed by atoms with E-state index in [9.17, 15) is 9.90 Å². The first-order chi connectivity index (χ1) is 8.50. The fraction of sp³-hybridized carbons (Fsp3) is 0.133. The molecule has 1 N–H and O–H groups in total. The van der Waals surface area contributed by atoms with Crippen LogP contribution < -0.4 is 0 Å². The van der Waals surface area contributed by atoms with Crippen LogP contribution in [0.1, 0.15) is 21.5 Å². The Bertz CT molecular complexity index is 618. The third kappa shape index (κ3) is 2.24. The molecule has 3 heteroatoms. The van der Waals surface area contributed by atoms with E-state index < -0.39 is 5.97 Å². The first-order valence-corrected chi connectivity index (χ1v) is 5.98. The Balaban J connectivity index is 2.69. The average molecular weight is 261 g/mol. The van der Waals surface area contributed by atoms with Crippen LogP contribution in [0.15, 0.2) is 36.4 Å². The lowest BCUT2D eigenvalue weighted by Crippen LogP contribution is -1.99. The molecule has 0 aliphatic rings. The van der Waals surface area contributed by atoms with Crippen LogP contribution in [0.4, 0.5) is 0 Å². The van der Waals surface area contributed by atoms with Crippen LogP contribution in [0.2, 0.25) is 5.02 Å². The quantitative estimate of drug-likeness (QED) is 0.873. The van der Waals surface area contributed by atoms with Gasteiger partial charge in [-0.15, -0.1) is 0 Å². The van der Waals surface area contributed by atoms with Gasteiger partial charge in [-0.3, -0.25) is 0 Å². The smallest absolute Gasteiger partial charge is 0.336 e. The topological polar surface area (TPSA) is 37.3 Å². The molecule has 0 radical (unpaired) electrons. The normalized spacial score (nSPS) is 10.4. The second-order valence-electron chi connectivity index (χ2n) is 4.27. The van der Waals surface area contributed by atoms with E-state index in [2.05, 4.69) is 0 Å². The van der Waals surface area contributed by atoms with E-state index in [4.69, 9.17) is 11.6 Å². The molecule has 2 rings (SSSR count). The highest BCUT2D eigenvalue weighted by Crippen LogP contribution is 2.32. The Kier molecular flexibility index (Phi) is 3.39. The number of carboxylic acids is 1. The molecular formula is C15H13ClO2. The highest BCUT2D eigenvalue weighted by molar-refractivity contribution is 6.33. The summed E-state index contributed by atoms with van der Waals surface area (Å²) in [6, 6.07) is 10.7. The highest BCUT2D eigenvalue weighted by Gasteiger charge is 2.14. The van der Waals surface area contributed by atoms with Crippen LogP contribution in [-0.2, 0) is 0 Å². The molecule has 18 heavy (non-hydrogen) atoms. The van der Waals surface area contributed by atoms with Crippen LogP contribution in [0.5, 0.6) is 0 Å².